The zero-order chi connectivity index (χ0) is 95.8. The van der Waals surface area contributed by atoms with E-state index in [1.54, 1.807) is 174 Å². The smallest absolute Gasteiger partial charge is 0.407 e. The molecule has 0 radical (unpaired) electrons. The predicted molar refractivity (Wildman–Crippen MR) is 512 cm³/mol. The summed E-state index contributed by atoms with van der Waals surface area (Å²) in [5.74, 6) is -0.254. The molecule has 3 aromatic heterocycles. The molecule has 0 spiro atoms. The van der Waals surface area contributed by atoms with Crippen LogP contribution in [0.1, 0.15) is 230 Å². The Bertz CT molecular complexity index is 6260. The van der Waals surface area contributed by atoms with E-state index in [1.165, 1.54) is 60.7 Å². The van der Waals surface area contributed by atoms with E-state index < -0.39 is 62.3 Å². The number of aliphatic hydroxyl groups excluding tert-OH is 1. The van der Waals surface area contributed by atoms with Crippen LogP contribution >= 0.6 is 33.8 Å². The minimum atomic E-state index is -1.67. The van der Waals surface area contributed by atoms with Crippen LogP contribution in [0, 0.1) is 90.0 Å². The highest BCUT2D eigenvalue weighted by molar-refractivity contribution is 8.26. The van der Waals surface area contributed by atoms with Crippen molar-refractivity contribution in [1.82, 2.24) is 45.3 Å². The molecule has 15 rings (SSSR count). The fourth-order valence-electron chi connectivity index (χ4n) is 14.3. The maximum Gasteiger partial charge on any atom is 0.407 e. The Balaban J connectivity index is 0.000000198. The van der Waals surface area contributed by atoms with Gasteiger partial charge in [-0.15, -0.1) is 12.4 Å². The minimum Gasteiger partial charge on any atom is -0.444 e. The van der Waals surface area contributed by atoms with E-state index in [0.29, 0.717) is 98.2 Å². The van der Waals surface area contributed by atoms with Gasteiger partial charge in [-0.05, 0) is 320 Å². The highest BCUT2D eigenvalue weighted by atomic mass is 36.0. The topological polar surface area (TPSA) is 363 Å². The number of carbonyl (C=O) groups excluding carboxylic acids is 5. The lowest BCUT2D eigenvalue weighted by Crippen LogP contribution is -2.32. The van der Waals surface area contributed by atoms with Crippen molar-refractivity contribution in [3.63, 3.8) is 0 Å². The lowest BCUT2D eigenvalue weighted by Gasteiger charge is -2.21. The molecule has 3 aliphatic carbocycles. The zero-order valence-corrected chi connectivity index (χ0v) is 79.0. The standard InChI is InChI=1S/C36H37FN4O4.C32H31FN4O4.C31H30FN5O.C4H9N.Cl2OS.ClH/c1-23-16-32(41(40-23)30-7-5-6-26(17-30)21-39-35(43)45-36(2,3)4)33(42)19-29-18-28(14-15-31(29)37)34(44-22-25-8-9-25)27-12-10-24(20-38)11-13-27;1-20-14-28(37(36-20)26-7-5-6-22(15-26)19-35-31(40)41-32(2,3)4)29(38)17-25-16-24(12-13-27(25)33)30(39)23-10-8-21(18-34)9-11-23;1-20-13-29(37(36-20)27-4-2-3-23(14-27)18-34)30(38)16-26-15-25(11-12-28(26)32)31(35-19-22-5-6-22)24-9-7-21(17-33)8-10-24;5-3-4-1-2-4;1-4(2)3;/h5-7,10-18,25,34H,8-9,19,21-22H2,1-4H3,(H,39,43);5-16,30,39H,17,19H2,1-4H3,(H,35,40);2-4,7-15,22,31,35H,5-6,16,18-19,34H2,1H3;4H,1-3,5H2;;1H. The lowest BCUT2D eigenvalue weighted by molar-refractivity contribution is 0.0512. The number of carbonyl (C=O) groups is 5. The molecule has 3 fully saturated rings. The molecule has 3 atom stereocenters. The Labute approximate surface area is 796 Å². The van der Waals surface area contributed by atoms with E-state index in [1.807, 2.05) is 91.9 Å². The van der Waals surface area contributed by atoms with Crippen molar-refractivity contribution in [3.8, 4) is 35.3 Å². The SMILES string of the molecule is Cc1cc(C(=O)Cc2cc(C(NCC3CC3)c3ccc(C#N)cc3)ccc2F)n(-c2cccc(CN)c2)n1.Cc1cc(C(=O)Cc2cc(C(O)c3ccc(C#N)cc3)ccc2F)n(-c2cccc(CNC(=O)OC(C)(C)C)c2)n1.Cc1cc(C(=O)Cc2cc(C(OCC3CC3)c3ccc(C#N)cc3)ccc2F)n(-c2cccc(CNC(=O)OC(C)(C)C)c2)n1.Cl.NCC1CC1.O=S(Cl)Cl. The third kappa shape index (κ3) is 31.2. The van der Waals surface area contributed by atoms with E-state index in [4.69, 9.17) is 35.1 Å². The summed E-state index contributed by atoms with van der Waals surface area (Å²) < 4.78 is 75.6. The number of benzene rings is 9. The Morgan fingerprint density at radius 1 is 0.478 bits per heavy atom. The molecule has 9 aromatic carbocycles. The van der Waals surface area contributed by atoms with Gasteiger partial charge in [0.05, 0.1) is 81.7 Å². The Kier molecular flexibility index (Phi) is 37.2. The number of ether oxygens (including phenoxy) is 3. The van der Waals surface area contributed by atoms with Gasteiger partial charge in [0.2, 0.25) is 9.23 Å². The zero-order valence-electron chi connectivity index (χ0n) is 75.9. The summed E-state index contributed by atoms with van der Waals surface area (Å²) in [6, 6.07) is 68.3. The first-order chi connectivity index (χ1) is 63.5. The summed E-state index contributed by atoms with van der Waals surface area (Å²) in [7, 11) is 7.36. The van der Waals surface area contributed by atoms with Crippen LogP contribution in [-0.4, -0.2) is 99.1 Å². The molecule has 3 heterocycles. The maximum atomic E-state index is 15.2. The van der Waals surface area contributed by atoms with Crippen LogP contribution in [0.25, 0.3) is 17.1 Å². The number of Topliss-reactive ketones (excluding diaryl/α,β-unsaturated/α-hetero) is 3. The van der Waals surface area contributed by atoms with Crippen LogP contribution in [0.2, 0.25) is 0 Å². The van der Waals surface area contributed by atoms with Gasteiger partial charge in [0.25, 0.3) is 0 Å². The molecule has 134 heavy (non-hydrogen) atoms. The molecular formula is C103H108Cl3F3N14O10S. The molecule has 2 amide bonds. The van der Waals surface area contributed by atoms with Crippen molar-refractivity contribution in [3.05, 3.63) is 353 Å². The molecule has 0 saturated heterocycles. The second-order valence-corrected chi connectivity index (χ2v) is 37.5. The molecule has 3 unspecified atom stereocenters. The summed E-state index contributed by atoms with van der Waals surface area (Å²) in [5.41, 5.74) is 24.0. The van der Waals surface area contributed by atoms with Gasteiger partial charge in [-0.1, -0.05) is 97.1 Å². The number of aliphatic hydroxyl groups is 1. The number of nitrogens with zero attached hydrogens (tertiary/aromatic N) is 9. The van der Waals surface area contributed by atoms with Gasteiger partial charge < -0.3 is 46.7 Å². The van der Waals surface area contributed by atoms with Crippen LogP contribution in [0.4, 0.5) is 22.8 Å². The molecule has 12 aromatic rings. The fourth-order valence-corrected chi connectivity index (χ4v) is 14.3. The Hall–Kier alpha value is -12.8. The van der Waals surface area contributed by atoms with E-state index in [9.17, 15) is 44.0 Å². The van der Waals surface area contributed by atoms with Gasteiger partial charge in [0.1, 0.15) is 57.9 Å². The van der Waals surface area contributed by atoms with Crippen LogP contribution in [0.5, 0.6) is 0 Å². The number of aromatic nitrogens is 6. The Morgan fingerprint density at radius 3 is 1.19 bits per heavy atom. The van der Waals surface area contributed by atoms with Gasteiger partial charge in [-0.25, -0.2) is 41.0 Å². The fraction of sp³-hybridized carbons (Fsp3) is 0.311. The van der Waals surface area contributed by atoms with E-state index in [0.717, 1.165) is 76.5 Å². The molecular weight excluding hydrogens is 1790 g/mol. The third-order valence-electron chi connectivity index (χ3n) is 21.5. The summed E-state index contributed by atoms with van der Waals surface area (Å²) in [6.07, 6.45) is 4.34. The average Bonchev–Trinajstić information content (AvgIpc) is 1.67. The van der Waals surface area contributed by atoms with Crippen LogP contribution in [-0.2, 0) is 62.3 Å². The normalized spacial score (nSPS) is 13.2. The number of amides is 2. The monoisotopic (exact) mass is 1890 g/mol. The van der Waals surface area contributed by atoms with E-state index in [-0.39, 0.29) is 85.0 Å². The number of hydrogen-bond acceptors (Lipinski definition) is 19. The van der Waals surface area contributed by atoms with Crippen molar-refractivity contribution in [2.75, 3.05) is 19.7 Å². The predicted octanol–water partition coefficient (Wildman–Crippen LogP) is 19.9. The largest absolute Gasteiger partial charge is 0.444 e. The quantitative estimate of drug-likeness (QED) is 0.0180. The molecule has 24 nitrogen and oxygen atoms in total. The highest BCUT2D eigenvalue weighted by Crippen LogP contribution is 2.37. The number of nitrogens with two attached hydrogens (primary N) is 2. The summed E-state index contributed by atoms with van der Waals surface area (Å²) in [6.45, 7) is 19.3. The van der Waals surface area contributed by atoms with Crippen LogP contribution in [0.15, 0.2) is 218 Å². The summed E-state index contributed by atoms with van der Waals surface area (Å²) >= 11 is 0. The van der Waals surface area contributed by atoms with Crippen LogP contribution in [0.3, 0.4) is 0 Å². The molecule has 8 N–H and O–H groups in total. The lowest BCUT2D eigenvalue weighted by atomic mass is 9.94. The second kappa shape index (κ2) is 48.2. The number of halogens is 6. The molecule has 31 heteroatoms. The summed E-state index contributed by atoms with van der Waals surface area (Å²) in [4.78, 5) is 64.8. The van der Waals surface area contributed by atoms with Gasteiger partial charge in [-0.2, -0.15) is 31.1 Å². The Morgan fingerprint density at radius 2 is 0.821 bits per heavy atom. The first-order valence-corrected chi connectivity index (χ1v) is 46.4. The number of rotatable bonds is 30. The first kappa shape index (κ1) is 103. The molecule has 0 aliphatic heterocycles. The third-order valence-corrected chi connectivity index (χ3v) is 21.5. The molecule has 3 saturated carbocycles. The molecule has 698 valence electrons. The van der Waals surface area contributed by atoms with E-state index >= 15 is 8.78 Å². The van der Waals surface area contributed by atoms with Crippen molar-refractivity contribution in [2.45, 2.75) is 169 Å². The van der Waals surface area contributed by atoms with Crippen molar-refractivity contribution >= 4 is 72.5 Å². The average molecular weight is 1900 g/mol. The van der Waals surface area contributed by atoms with Gasteiger partial charge in [0.15, 0.2) is 17.3 Å². The van der Waals surface area contributed by atoms with Crippen molar-refractivity contribution < 1.29 is 60.7 Å². The minimum absolute atomic E-state index is 0. The van der Waals surface area contributed by atoms with Crippen molar-refractivity contribution in [1.29, 1.82) is 15.8 Å². The van der Waals surface area contributed by atoms with E-state index in [2.05, 4.69) is 64.7 Å². The highest BCUT2D eigenvalue weighted by Gasteiger charge is 2.30. The van der Waals surface area contributed by atoms with Crippen LogP contribution < -0.4 is 27.4 Å². The summed E-state index contributed by atoms with van der Waals surface area (Å²) in [5, 5.41) is 60.8. The van der Waals surface area contributed by atoms with Gasteiger partial charge >= 0.3 is 12.2 Å². The number of nitriles is 3. The first-order valence-electron chi connectivity index (χ1n) is 43.6. The number of alkyl carbamates (subject to hydrolysis) is 2. The number of aryl methyl sites for hydroxylation is 3. The molecule has 3 aliphatic rings. The molecule has 0 bridgehead atoms. The maximum absolute atomic E-state index is 15.2. The number of nitrogens with one attached hydrogen (secondary N) is 3. The van der Waals surface area contributed by atoms with Gasteiger partial charge in [-0.3, -0.25) is 14.4 Å². The van der Waals surface area contributed by atoms with Crippen molar-refractivity contribution in [2.24, 2.45) is 29.2 Å². The van der Waals surface area contributed by atoms with Gasteiger partial charge in [0, 0.05) is 60.3 Å². The number of ketones is 3. The number of hydrogen-bond donors (Lipinski definition) is 6. The second-order valence-electron chi connectivity index (χ2n) is 34.9.